The van der Waals surface area contributed by atoms with Crippen LogP contribution in [0, 0.1) is 6.92 Å². The highest BCUT2D eigenvalue weighted by Crippen LogP contribution is 2.27. The first-order chi connectivity index (χ1) is 12.9. The number of carbonyl (C=O) groups excluding carboxylic acids is 1. The van der Waals surface area contributed by atoms with Crippen molar-refractivity contribution in [3.05, 3.63) is 64.7 Å². The van der Waals surface area contributed by atoms with E-state index >= 15 is 0 Å². The summed E-state index contributed by atoms with van der Waals surface area (Å²) >= 11 is 6.17. The summed E-state index contributed by atoms with van der Waals surface area (Å²) in [6.07, 6.45) is 1.71. The Kier molecular flexibility index (Phi) is 6.78. The summed E-state index contributed by atoms with van der Waals surface area (Å²) in [7, 11) is -3.69. The lowest BCUT2D eigenvalue weighted by molar-refractivity contribution is -0.123. The number of hydrogen-bond acceptors (Lipinski definition) is 3. The zero-order valence-electron chi connectivity index (χ0n) is 16.9. The molecule has 7 heteroatoms. The Balaban J connectivity index is 2.25. The van der Waals surface area contributed by atoms with Crippen molar-refractivity contribution in [3.8, 4) is 0 Å². The lowest BCUT2D eigenvalue weighted by Gasteiger charge is -2.33. The van der Waals surface area contributed by atoms with Crippen molar-refractivity contribution >= 4 is 33.2 Å². The van der Waals surface area contributed by atoms with Gasteiger partial charge in [0, 0.05) is 10.6 Å². The van der Waals surface area contributed by atoms with Gasteiger partial charge < -0.3 is 5.32 Å². The van der Waals surface area contributed by atoms with Crippen molar-refractivity contribution in [1.82, 2.24) is 5.32 Å². The molecule has 2 rings (SSSR count). The molecule has 28 heavy (non-hydrogen) atoms. The molecule has 0 saturated heterocycles. The van der Waals surface area contributed by atoms with E-state index in [0.29, 0.717) is 17.1 Å². The molecule has 5 nitrogen and oxygen atoms in total. The van der Waals surface area contributed by atoms with Gasteiger partial charge in [0.05, 0.1) is 11.9 Å². The van der Waals surface area contributed by atoms with E-state index in [0.717, 1.165) is 21.7 Å². The molecule has 2 aromatic carbocycles. The number of sulfonamides is 1. The molecule has 0 fully saturated rings. The molecule has 0 aliphatic heterocycles. The van der Waals surface area contributed by atoms with Gasteiger partial charge in [-0.2, -0.15) is 0 Å². The summed E-state index contributed by atoms with van der Waals surface area (Å²) in [6, 6.07) is 13.9. The van der Waals surface area contributed by atoms with Crippen LogP contribution in [0.2, 0.25) is 5.02 Å². The number of nitrogens with one attached hydrogen (secondary N) is 1. The van der Waals surface area contributed by atoms with Gasteiger partial charge in [-0.25, -0.2) is 8.42 Å². The van der Waals surface area contributed by atoms with Crippen LogP contribution in [0.15, 0.2) is 48.5 Å². The number of anilines is 1. The van der Waals surface area contributed by atoms with Crippen molar-refractivity contribution < 1.29 is 13.2 Å². The van der Waals surface area contributed by atoms with Crippen LogP contribution in [0.4, 0.5) is 5.69 Å². The molecule has 0 aliphatic rings. The fraction of sp³-hybridized carbons (Fsp3) is 0.381. The molecule has 0 saturated carbocycles. The minimum atomic E-state index is -3.69. The highest BCUT2D eigenvalue weighted by atomic mass is 35.5. The van der Waals surface area contributed by atoms with E-state index in [2.05, 4.69) is 5.32 Å². The lowest BCUT2D eigenvalue weighted by atomic mass is 9.94. The van der Waals surface area contributed by atoms with Crippen molar-refractivity contribution in [3.63, 3.8) is 0 Å². The quantitative estimate of drug-likeness (QED) is 0.734. The fourth-order valence-corrected chi connectivity index (χ4v) is 4.46. The average molecular weight is 423 g/mol. The van der Waals surface area contributed by atoms with Crippen molar-refractivity contribution in [2.45, 2.75) is 45.7 Å². The van der Waals surface area contributed by atoms with Crippen LogP contribution in [0.3, 0.4) is 0 Å². The molecule has 0 bridgehead atoms. The minimum absolute atomic E-state index is 0.363. The highest BCUT2D eigenvalue weighted by Gasteiger charge is 2.32. The van der Waals surface area contributed by atoms with Crippen LogP contribution >= 0.6 is 11.6 Å². The predicted octanol–water partition coefficient (Wildman–Crippen LogP) is 3.94. The van der Waals surface area contributed by atoms with E-state index in [1.165, 1.54) is 0 Å². The summed E-state index contributed by atoms with van der Waals surface area (Å²) in [5.74, 6) is -0.372. The number of aryl methyl sites for hydroxylation is 1. The molecule has 0 unspecified atom stereocenters. The van der Waals surface area contributed by atoms with Gasteiger partial charge in [0.15, 0.2) is 0 Å². The van der Waals surface area contributed by atoms with Crippen LogP contribution in [-0.4, -0.2) is 32.2 Å². The molecule has 1 N–H and O–H groups in total. The van der Waals surface area contributed by atoms with Crippen LogP contribution < -0.4 is 9.62 Å². The number of amides is 1. The summed E-state index contributed by atoms with van der Waals surface area (Å²) in [6.45, 7) is 7.23. The second-order valence-corrected chi connectivity index (χ2v) is 9.97. The Labute approximate surface area is 172 Å². The maximum Gasteiger partial charge on any atom is 0.244 e. The van der Waals surface area contributed by atoms with Gasteiger partial charge in [0.1, 0.15) is 6.04 Å². The van der Waals surface area contributed by atoms with E-state index in [4.69, 9.17) is 11.6 Å². The largest absolute Gasteiger partial charge is 0.349 e. The highest BCUT2D eigenvalue weighted by molar-refractivity contribution is 7.92. The fourth-order valence-electron chi connectivity index (χ4n) is 3.12. The van der Waals surface area contributed by atoms with Gasteiger partial charge in [0.25, 0.3) is 0 Å². The SMILES string of the molecule is Cc1ccc(N([C@H](C)C(=O)NC(C)(C)Cc2ccccc2)S(C)(=O)=O)cc1Cl. The second kappa shape index (κ2) is 8.53. The van der Waals surface area contributed by atoms with Gasteiger partial charge in [0.2, 0.25) is 15.9 Å². The van der Waals surface area contributed by atoms with Crippen molar-refractivity contribution in [1.29, 1.82) is 0 Å². The van der Waals surface area contributed by atoms with Gasteiger partial charge >= 0.3 is 0 Å². The normalized spacial score (nSPS) is 13.1. The smallest absolute Gasteiger partial charge is 0.244 e. The third-order valence-corrected chi connectivity index (χ3v) is 6.10. The topological polar surface area (TPSA) is 66.5 Å². The molecule has 0 aliphatic carbocycles. The summed E-state index contributed by atoms with van der Waals surface area (Å²) in [5, 5.41) is 3.42. The molecule has 0 spiro atoms. The van der Waals surface area contributed by atoms with E-state index in [9.17, 15) is 13.2 Å². The standard InChI is InChI=1S/C21H27ClN2O3S/c1-15-11-12-18(13-19(15)22)24(28(5,26)27)16(2)20(25)23-21(3,4)14-17-9-7-6-8-10-17/h6-13,16H,14H2,1-5H3,(H,23,25)/t16-/m1/s1. The predicted molar refractivity (Wildman–Crippen MR) is 115 cm³/mol. The van der Waals surface area contributed by atoms with Gasteiger partial charge in [-0.15, -0.1) is 0 Å². The second-order valence-electron chi connectivity index (χ2n) is 7.70. The van der Waals surface area contributed by atoms with Crippen LogP contribution in [0.5, 0.6) is 0 Å². The van der Waals surface area contributed by atoms with Crippen LogP contribution in [0.1, 0.15) is 31.9 Å². The summed E-state index contributed by atoms with van der Waals surface area (Å²) in [5.41, 5.74) is 1.74. The first-order valence-corrected chi connectivity index (χ1v) is 11.2. The van der Waals surface area contributed by atoms with E-state index in [-0.39, 0.29) is 5.91 Å². The monoisotopic (exact) mass is 422 g/mol. The Morgan fingerprint density at radius 1 is 1.18 bits per heavy atom. The van der Waals surface area contributed by atoms with E-state index < -0.39 is 21.6 Å². The first kappa shape index (κ1) is 22.2. The molecule has 1 amide bonds. The Morgan fingerprint density at radius 2 is 1.79 bits per heavy atom. The summed E-state index contributed by atoms with van der Waals surface area (Å²) < 4.78 is 26.0. The third kappa shape index (κ3) is 5.72. The van der Waals surface area contributed by atoms with Gasteiger partial charge in [-0.3, -0.25) is 9.10 Å². The Morgan fingerprint density at radius 3 is 2.32 bits per heavy atom. The molecular weight excluding hydrogens is 396 g/mol. The molecule has 0 heterocycles. The molecule has 2 aromatic rings. The van der Waals surface area contributed by atoms with Gasteiger partial charge in [-0.05, 0) is 57.4 Å². The Hall–Kier alpha value is -2.05. The molecule has 0 radical (unpaired) electrons. The number of halogens is 1. The Bertz CT molecular complexity index is 943. The number of hydrogen-bond donors (Lipinski definition) is 1. The maximum absolute atomic E-state index is 12.9. The number of benzene rings is 2. The average Bonchev–Trinajstić information content (AvgIpc) is 2.57. The zero-order valence-corrected chi connectivity index (χ0v) is 18.4. The number of rotatable bonds is 7. The molecule has 1 atom stereocenters. The van der Waals surface area contributed by atoms with Crippen molar-refractivity contribution in [2.24, 2.45) is 0 Å². The van der Waals surface area contributed by atoms with E-state index in [1.54, 1.807) is 25.1 Å². The maximum atomic E-state index is 12.9. The number of carbonyl (C=O) groups is 1. The molecule has 0 aromatic heterocycles. The van der Waals surface area contributed by atoms with Crippen LogP contribution in [-0.2, 0) is 21.2 Å². The minimum Gasteiger partial charge on any atom is -0.349 e. The number of nitrogens with zero attached hydrogens (tertiary/aromatic N) is 1. The zero-order chi connectivity index (χ0) is 21.1. The van der Waals surface area contributed by atoms with Crippen molar-refractivity contribution in [2.75, 3.05) is 10.6 Å². The van der Waals surface area contributed by atoms with Gasteiger partial charge in [-0.1, -0.05) is 48.0 Å². The molecule has 152 valence electrons. The van der Waals surface area contributed by atoms with Crippen LogP contribution in [0.25, 0.3) is 0 Å². The summed E-state index contributed by atoms with van der Waals surface area (Å²) in [4.78, 5) is 12.9. The lowest BCUT2D eigenvalue weighted by Crippen LogP contribution is -2.54. The first-order valence-electron chi connectivity index (χ1n) is 9.02. The molecular formula is C21H27ClN2O3S. The van der Waals surface area contributed by atoms with E-state index in [1.807, 2.05) is 51.1 Å². The third-order valence-electron chi connectivity index (χ3n) is 4.45.